The number of aliphatic hydroxyl groups excluding tert-OH is 1. The molecule has 0 aliphatic heterocycles. The molecule has 1 aromatic carbocycles. The van der Waals surface area contributed by atoms with Crippen LogP contribution in [-0.2, 0) is 16.6 Å². The lowest BCUT2D eigenvalue weighted by Crippen LogP contribution is -2.43. The van der Waals surface area contributed by atoms with Gasteiger partial charge in [0, 0.05) is 23.1 Å². The van der Waals surface area contributed by atoms with Gasteiger partial charge in [-0.15, -0.1) is 0 Å². The number of sulfonamides is 1. The second kappa shape index (κ2) is 6.32. The van der Waals surface area contributed by atoms with Crippen molar-refractivity contribution in [2.24, 2.45) is 5.41 Å². The third kappa shape index (κ3) is 3.83. The van der Waals surface area contributed by atoms with Crippen LogP contribution in [-0.4, -0.2) is 30.9 Å². The van der Waals surface area contributed by atoms with Gasteiger partial charge in [-0.1, -0.05) is 36.7 Å². The minimum atomic E-state index is -3.99. The van der Waals surface area contributed by atoms with Crippen LogP contribution in [0.15, 0.2) is 21.5 Å². The zero-order chi connectivity index (χ0) is 16.6. The molecule has 120 valence electrons. The molecule has 1 atom stereocenters. The molecule has 0 saturated heterocycles. The third-order valence-corrected chi connectivity index (χ3v) is 6.09. The Labute approximate surface area is 134 Å². The van der Waals surface area contributed by atoms with Gasteiger partial charge in [-0.3, -0.25) is 0 Å². The number of nitrogens with zero attached hydrogens (tertiary/aromatic N) is 1. The molecule has 21 heavy (non-hydrogen) atoms. The lowest BCUT2D eigenvalue weighted by Gasteiger charge is -2.34. The lowest BCUT2D eigenvalue weighted by molar-refractivity contribution is 0.216. The first-order valence-corrected chi connectivity index (χ1v) is 8.73. The highest BCUT2D eigenvalue weighted by Gasteiger charge is 2.34. The first-order chi connectivity index (χ1) is 9.42. The molecule has 0 spiro atoms. The van der Waals surface area contributed by atoms with Crippen LogP contribution < -0.4 is 0 Å². The number of halogens is 2. The summed E-state index contributed by atoms with van der Waals surface area (Å²) in [5, 5.41) is 9.14. The van der Waals surface area contributed by atoms with E-state index in [1.807, 2.05) is 20.8 Å². The van der Waals surface area contributed by atoms with Crippen molar-refractivity contribution in [3.63, 3.8) is 0 Å². The maximum absolute atomic E-state index is 14.3. The van der Waals surface area contributed by atoms with Gasteiger partial charge in [0.1, 0.15) is 10.7 Å². The number of hydrogen-bond acceptors (Lipinski definition) is 3. The van der Waals surface area contributed by atoms with Crippen molar-refractivity contribution in [3.8, 4) is 0 Å². The summed E-state index contributed by atoms with van der Waals surface area (Å²) in [7, 11) is -2.56. The Kier molecular flexibility index (Phi) is 5.58. The van der Waals surface area contributed by atoms with Gasteiger partial charge < -0.3 is 5.11 Å². The smallest absolute Gasteiger partial charge is 0.246 e. The number of benzene rings is 1. The van der Waals surface area contributed by atoms with Gasteiger partial charge in [0.2, 0.25) is 10.0 Å². The Morgan fingerprint density at radius 2 is 1.90 bits per heavy atom. The van der Waals surface area contributed by atoms with E-state index in [2.05, 4.69) is 15.9 Å². The Balaban J connectivity index is 3.42. The second-order valence-electron chi connectivity index (χ2n) is 6.10. The normalized spacial score (nSPS) is 14.5. The molecule has 1 rings (SSSR count). The van der Waals surface area contributed by atoms with Crippen molar-refractivity contribution in [1.82, 2.24) is 4.31 Å². The van der Waals surface area contributed by atoms with E-state index in [9.17, 15) is 12.8 Å². The fourth-order valence-corrected chi connectivity index (χ4v) is 4.16. The van der Waals surface area contributed by atoms with Crippen LogP contribution in [0.1, 0.15) is 33.3 Å². The van der Waals surface area contributed by atoms with Gasteiger partial charge in [0.25, 0.3) is 0 Å². The van der Waals surface area contributed by atoms with Gasteiger partial charge in [-0.05, 0) is 24.5 Å². The first kappa shape index (κ1) is 18.5. The first-order valence-electron chi connectivity index (χ1n) is 6.49. The molecular formula is C14H21BrFNO3S. The van der Waals surface area contributed by atoms with E-state index >= 15 is 0 Å². The highest BCUT2D eigenvalue weighted by molar-refractivity contribution is 9.10. The second-order valence-corrected chi connectivity index (χ2v) is 8.98. The summed E-state index contributed by atoms with van der Waals surface area (Å²) in [5.74, 6) is -0.909. The molecule has 7 heteroatoms. The van der Waals surface area contributed by atoms with Gasteiger partial charge >= 0.3 is 0 Å². The molecule has 0 aliphatic rings. The molecule has 0 aliphatic carbocycles. The van der Waals surface area contributed by atoms with E-state index in [4.69, 9.17) is 5.11 Å². The van der Waals surface area contributed by atoms with Crippen LogP contribution in [0.5, 0.6) is 0 Å². The van der Waals surface area contributed by atoms with E-state index in [1.54, 1.807) is 6.92 Å². The molecule has 0 bridgehead atoms. The van der Waals surface area contributed by atoms with Crippen LogP contribution in [0.3, 0.4) is 0 Å². The van der Waals surface area contributed by atoms with Gasteiger partial charge in [0.15, 0.2) is 0 Å². The summed E-state index contributed by atoms with van der Waals surface area (Å²) in [6.45, 7) is 6.97. The molecule has 4 nitrogen and oxygen atoms in total. The summed E-state index contributed by atoms with van der Waals surface area (Å²) in [6, 6.07) is 2.26. The minimum absolute atomic E-state index is 0.0558. The fraction of sp³-hybridized carbons (Fsp3) is 0.571. The van der Waals surface area contributed by atoms with Crippen LogP contribution in [0.25, 0.3) is 0 Å². The van der Waals surface area contributed by atoms with Crippen LogP contribution >= 0.6 is 15.9 Å². The highest BCUT2D eigenvalue weighted by atomic mass is 79.9. The fourth-order valence-electron chi connectivity index (χ4n) is 1.83. The summed E-state index contributed by atoms with van der Waals surface area (Å²) in [5.41, 5.74) is -0.343. The lowest BCUT2D eigenvalue weighted by atomic mass is 9.88. The summed E-state index contributed by atoms with van der Waals surface area (Å²) >= 11 is 3.15. The highest BCUT2D eigenvalue weighted by Crippen LogP contribution is 2.31. The van der Waals surface area contributed by atoms with Crippen molar-refractivity contribution in [2.45, 2.75) is 45.2 Å². The molecular weight excluding hydrogens is 361 g/mol. The Morgan fingerprint density at radius 3 is 2.33 bits per heavy atom. The molecule has 1 N–H and O–H groups in total. The average molecular weight is 382 g/mol. The quantitative estimate of drug-likeness (QED) is 0.871. The van der Waals surface area contributed by atoms with E-state index in [-0.39, 0.29) is 17.0 Å². The van der Waals surface area contributed by atoms with Crippen molar-refractivity contribution in [1.29, 1.82) is 0 Å². The molecule has 1 aromatic rings. The van der Waals surface area contributed by atoms with Crippen molar-refractivity contribution in [3.05, 3.63) is 28.0 Å². The van der Waals surface area contributed by atoms with Crippen LogP contribution in [0.2, 0.25) is 0 Å². The summed E-state index contributed by atoms with van der Waals surface area (Å²) in [4.78, 5) is -0.431. The Bertz CT molecular complexity index is 626. The molecule has 0 amide bonds. The maximum Gasteiger partial charge on any atom is 0.246 e. The van der Waals surface area contributed by atoms with E-state index in [0.29, 0.717) is 4.47 Å². The third-order valence-electron chi connectivity index (χ3n) is 3.71. The number of rotatable bonds is 4. The van der Waals surface area contributed by atoms with Crippen molar-refractivity contribution in [2.75, 3.05) is 7.05 Å². The molecule has 0 heterocycles. The monoisotopic (exact) mass is 381 g/mol. The summed E-state index contributed by atoms with van der Waals surface area (Å²) in [6.07, 6.45) is 0. The van der Waals surface area contributed by atoms with Crippen LogP contribution in [0.4, 0.5) is 4.39 Å². The van der Waals surface area contributed by atoms with Crippen LogP contribution in [0, 0.1) is 11.2 Å². The van der Waals surface area contributed by atoms with Gasteiger partial charge in [0.05, 0.1) is 6.61 Å². The minimum Gasteiger partial charge on any atom is -0.392 e. The SMILES string of the molecule is CC(N(C)S(=O)(=O)c1cc(Br)cc(CO)c1F)C(C)(C)C. The zero-order valence-corrected chi connectivity index (χ0v) is 15.2. The predicted octanol–water partition coefficient (Wildman–Crippen LogP) is 3.14. The number of aliphatic hydroxyl groups is 1. The molecule has 0 fully saturated rings. The zero-order valence-electron chi connectivity index (χ0n) is 12.8. The summed E-state index contributed by atoms with van der Waals surface area (Å²) < 4.78 is 41.1. The molecule has 0 radical (unpaired) electrons. The van der Waals surface area contributed by atoms with Crippen molar-refractivity contribution < 1.29 is 17.9 Å². The Hall–Kier alpha value is -0.500. The largest absolute Gasteiger partial charge is 0.392 e. The maximum atomic E-state index is 14.3. The standard InChI is InChI=1S/C14H21BrFNO3S/c1-9(14(2,3)4)17(5)21(19,20)12-7-11(15)6-10(8-18)13(12)16/h6-7,9,18H,8H2,1-5H3. The molecule has 0 saturated carbocycles. The topological polar surface area (TPSA) is 57.6 Å². The van der Waals surface area contributed by atoms with Gasteiger partial charge in [-0.2, -0.15) is 4.31 Å². The average Bonchev–Trinajstić information content (AvgIpc) is 2.37. The van der Waals surface area contributed by atoms with Gasteiger partial charge in [-0.25, -0.2) is 12.8 Å². The molecule has 0 aromatic heterocycles. The van der Waals surface area contributed by atoms with E-state index in [0.717, 1.165) is 0 Å². The van der Waals surface area contributed by atoms with E-state index < -0.39 is 27.3 Å². The Morgan fingerprint density at radius 1 is 1.38 bits per heavy atom. The van der Waals surface area contributed by atoms with E-state index in [1.165, 1.54) is 23.5 Å². The number of hydrogen-bond donors (Lipinski definition) is 1. The molecule has 1 unspecified atom stereocenters. The predicted molar refractivity (Wildman–Crippen MR) is 83.9 cm³/mol. The van der Waals surface area contributed by atoms with Crippen molar-refractivity contribution >= 4 is 26.0 Å².